The van der Waals surface area contributed by atoms with Crippen molar-refractivity contribution in [2.75, 3.05) is 0 Å². The third-order valence-electron chi connectivity index (χ3n) is 2.68. The van der Waals surface area contributed by atoms with Gasteiger partial charge >= 0.3 is 0 Å². The number of phenols is 1. The van der Waals surface area contributed by atoms with Gasteiger partial charge in [-0.3, -0.25) is 4.79 Å². The van der Waals surface area contributed by atoms with Gasteiger partial charge in [0.1, 0.15) is 23.2 Å². The molecule has 0 spiro atoms. The fourth-order valence-corrected chi connectivity index (χ4v) is 1.64. The molecular weight excluding hydrogens is 257 g/mol. The standard InChI is InChI=1S/C16H10FNO2/c17-14-5-3-12(4-6-14)16(20)13(10-18)9-11-1-7-15(19)8-2-11/h1-9,19H/b13-9+. The molecule has 0 unspecified atom stereocenters. The monoisotopic (exact) mass is 267 g/mol. The summed E-state index contributed by atoms with van der Waals surface area (Å²) in [5, 5.41) is 18.2. The van der Waals surface area contributed by atoms with Crippen LogP contribution in [0.1, 0.15) is 15.9 Å². The number of ketones is 1. The van der Waals surface area contributed by atoms with E-state index >= 15 is 0 Å². The molecule has 0 atom stereocenters. The fourth-order valence-electron chi connectivity index (χ4n) is 1.64. The van der Waals surface area contributed by atoms with Crippen LogP contribution in [-0.2, 0) is 0 Å². The van der Waals surface area contributed by atoms with Crippen LogP contribution in [0.3, 0.4) is 0 Å². The van der Waals surface area contributed by atoms with E-state index < -0.39 is 11.6 Å². The summed E-state index contributed by atoms with van der Waals surface area (Å²) in [6.07, 6.45) is 1.42. The number of carbonyl (C=O) groups is 1. The molecule has 3 nitrogen and oxygen atoms in total. The summed E-state index contributed by atoms with van der Waals surface area (Å²) in [4.78, 5) is 12.1. The largest absolute Gasteiger partial charge is 0.508 e. The minimum absolute atomic E-state index is 0.0534. The van der Waals surface area contributed by atoms with Crippen LogP contribution in [-0.4, -0.2) is 10.9 Å². The first-order valence-electron chi connectivity index (χ1n) is 5.81. The molecular formula is C16H10FNO2. The Morgan fingerprint density at radius 3 is 2.25 bits per heavy atom. The lowest BCUT2D eigenvalue weighted by Crippen LogP contribution is -2.01. The summed E-state index contributed by atoms with van der Waals surface area (Å²) in [7, 11) is 0. The van der Waals surface area contributed by atoms with Crippen LogP contribution in [0.2, 0.25) is 0 Å². The van der Waals surface area contributed by atoms with E-state index in [4.69, 9.17) is 5.26 Å². The van der Waals surface area contributed by atoms with Crippen molar-refractivity contribution in [2.45, 2.75) is 0 Å². The summed E-state index contributed by atoms with van der Waals surface area (Å²) >= 11 is 0. The van der Waals surface area contributed by atoms with Crippen molar-refractivity contribution in [2.24, 2.45) is 0 Å². The van der Waals surface area contributed by atoms with E-state index in [0.717, 1.165) is 0 Å². The Bertz CT molecular complexity index is 695. The molecule has 0 saturated heterocycles. The van der Waals surface area contributed by atoms with E-state index in [9.17, 15) is 14.3 Å². The molecule has 98 valence electrons. The highest BCUT2D eigenvalue weighted by molar-refractivity contribution is 6.14. The smallest absolute Gasteiger partial charge is 0.203 e. The quantitative estimate of drug-likeness (QED) is 0.527. The molecule has 0 amide bonds. The van der Waals surface area contributed by atoms with Gasteiger partial charge in [0, 0.05) is 5.56 Å². The van der Waals surface area contributed by atoms with Crippen LogP contribution in [0.4, 0.5) is 4.39 Å². The Labute approximate surface area is 115 Å². The van der Waals surface area contributed by atoms with Crippen LogP contribution in [0, 0.1) is 17.1 Å². The van der Waals surface area contributed by atoms with Gasteiger partial charge in [-0.05, 0) is 48.0 Å². The number of hydrogen-bond donors (Lipinski definition) is 1. The maximum Gasteiger partial charge on any atom is 0.203 e. The molecule has 0 heterocycles. The van der Waals surface area contributed by atoms with Crippen molar-refractivity contribution in [1.29, 1.82) is 5.26 Å². The summed E-state index contributed by atoms with van der Waals surface area (Å²) in [5.74, 6) is -0.811. The van der Waals surface area contributed by atoms with Crippen molar-refractivity contribution in [1.82, 2.24) is 0 Å². The topological polar surface area (TPSA) is 61.1 Å². The van der Waals surface area contributed by atoms with Crippen LogP contribution in [0.15, 0.2) is 54.1 Å². The minimum atomic E-state index is -0.472. The number of carbonyl (C=O) groups excluding carboxylic acids is 1. The normalized spacial score (nSPS) is 10.9. The number of nitrogens with zero attached hydrogens (tertiary/aromatic N) is 1. The van der Waals surface area contributed by atoms with Crippen molar-refractivity contribution in [3.05, 3.63) is 71.0 Å². The first-order chi connectivity index (χ1) is 9.60. The number of nitriles is 1. The Kier molecular flexibility index (Phi) is 3.92. The van der Waals surface area contributed by atoms with Crippen molar-refractivity contribution < 1.29 is 14.3 Å². The summed E-state index contributed by atoms with van der Waals surface area (Å²) in [6.45, 7) is 0. The fraction of sp³-hybridized carbons (Fsp3) is 0. The third-order valence-corrected chi connectivity index (χ3v) is 2.68. The Morgan fingerprint density at radius 1 is 1.10 bits per heavy atom. The molecule has 2 aromatic rings. The first kappa shape index (κ1) is 13.5. The number of Topliss-reactive ketones (excluding diaryl/α,β-unsaturated/α-hetero) is 1. The number of allylic oxidation sites excluding steroid dienone is 1. The lowest BCUT2D eigenvalue weighted by Gasteiger charge is -2.00. The van der Waals surface area contributed by atoms with Gasteiger partial charge in [-0.1, -0.05) is 12.1 Å². The summed E-state index contributed by atoms with van der Waals surface area (Å²) < 4.78 is 12.8. The zero-order chi connectivity index (χ0) is 14.5. The summed E-state index contributed by atoms with van der Waals surface area (Å²) in [5.41, 5.74) is 0.815. The first-order valence-corrected chi connectivity index (χ1v) is 5.81. The number of hydrogen-bond acceptors (Lipinski definition) is 3. The highest BCUT2D eigenvalue weighted by Crippen LogP contribution is 2.15. The van der Waals surface area contributed by atoms with E-state index in [-0.39, 0.29) is 16.9 Å². The van der Waals surface area contributed by atoms with E-state index in [1.54, 1.807) is 12.1 Å². The van der Waals surface area contributed by atoms with E-state index in [2.05, 4.69) is 0 Å². The molecule has 4 heteroatoms. The lowest BCUT2D eigenvalue weighted by atomic mass is 10.0. The second-order valence-electron chi connectivity index (χ2n) is 4.10. The minimum Gasteiger partial charge on any atom is -0.508 e. The Morgan fingerprint density at radius 2 is 1.70 bits per heavy atom. The lowest BCUT2D eigenvalue weighted by molar-refractivity contribution is 0.104. The predicted octanol–water partition coefficient (Wildman–Crippen LogP) is 3.32. The molecule has 20 heavy (non-hydrogen) atoms. The number of phenolic OH excluding ortho intramolecular Hbond substituents is 1. The van der Waals surface area contributed by atoms with Gasteiger partial charge in [0.15, 0.2) is 0 Å². The second kappa shape index (κ2) is 5.81. The third kappa shape index (κ3) is 3.09. The van der Waals surface area contributed by atoms with Gasteiger partial charge in [-0.15, -0.1) is 0 Å². The number of aromatic hydroxyl groups is 1. The maximum absolute atomic E-state index is 12.8. The van der Waals surface area contributed by atoms with E-state index in [1.165, 1.54) is 42.5 Å². The predicted molar refractivity (Wildman–Crippen MR) is 72.4 cm³/mol. The summed E-state index contributed by atoms with van der Waals surface area (Å²) in [6, 6.07) is 12.9. The van der Waals surface area contributed by atoms with E-state index in [0.29, 0.717) is 5.56 Å². The van der Waals surface area contributed by atoms with Crippen molar-refractivity contribution in [3.8, 4) is 11.8 Å². The van der Waals surface area contributed by atoms with Gasteiger partial charge in [0.25, 0.3) is 0 Å². The van der Waals surface area contributed by atoms with Crippen LogP contribution in [0.5, 0.6) is 5.75 Å². The number of benzene rings is 2. The number of rotatable bonds is 3. The molecule has 0 aliphatic carbocycles. The SMILES string of the molecule is N#C/C(=C\c1ccc(O)cc1)C(=O)c1ccc(F)cc1. The van der Waals surface area contributed by atoms with Crippen LogP contribution in [0.25, 0.3) is 6.08 Å². The average molecular weight is 267 g/mol. The van der Waals surface area contributed by atoms with E-state index in [1.807, 2.05) is 6.07 Å². The van der Waals surface area contributed by atoms with Crippen LogP contribution < -0.4 is 0 Å². The molecule has 0 aliphatic heterocycles. The zero-order valence-corrected chi connectivity index (χ0v) is 10.4. The molecule has 0 bridgehead atoms. The van der Waals surface area contributed by atoms with Gasteiger partial charge < -0.3 is 5.11 Å². The molecule has 0 aromatic heterocycles. The van der Waals surface area contributed by atoms with Crippen molar-refractivity contribution in [3.63, 3.8) is 0 Å². The molecule has 0 saturated carbocycles. The Hall–Kier alpha value is -2.93. The van der Waals surface area contributed by atoms with Gasteiger partial charge in [0.05, 0.1) is 0 Å². The van der Waals surface area contributed by atoms with Crippen molar-refractivity contribution >= 4 is 11.9 Å². The maximum atomic E-state index is 12.8. The van der Waals surface area contributed by atoms with Gasteiger partial charge in [-0.2, -0.15) is 5.26 Å². The molecule has 0 fully saturated rings. The Balaban J connectivity index is 2.32. The highest BCUT2D eigenvalue weighted by Gasteiger charge is 2.12. The van der Waals surface area contributed by atoms with Gasteiger partial charge in [-0.25, -0.2) is 4.39 Å². The second-order valence-corrected chi connectivity index (χ2v) is 4.10. The zero-order valence-electron chi connectivity index (χ0n) is 10.4. The molecule has 0 radical (unpaired) electrons. The van der Waals surface area contributed by atoms with Gasteiger partial charge in [0.2, 0.25) is 5.78 Å². The molecule has 2 aromatic carbocycles. The van der Waals surface area contributed by atoms with Crippen LogP contribution >= 0.6 is 0 Å². The molecule has 0 aliphatic rings. The highest BCUT2D eigenvalue weighted by atomic mass is 19.1. The molecule has 2 rings (SSSR count). The molecule has 1 N–H and O–H groups in total. The number of halogens is 1. The average Bonchev–Trinajstić information content (AvgIpc) is 2.47.